The molecule has 19 heavy (non-hydrogen) atoms. The van der Waals surface area contributed by atoms with Crippen molar-refractivity contribution < 1.29 is 9.13 Å². The highest BCUT2D eigenvalue weighted by Crippen LogP contribution is 2.21. The number of ether oxygens (including phenoxy) is 1. The van der Waals surface area contributed by atoms with Crippen LogP contribution >= 0.6 is 15.9 Å². The van der Waals surface area contributed by atoms with Gasteiger partial charge in [0.15, 0.2) is 0 Å². The van der Waals surface area contributed by atoms with Crippen molar-refractivity contribution in [2.24, 2.45) is 0 Å². The summed E-state index contributed by atoms with van der Waals surface area (Å²) >= 11 is 3.13. The van der Waals surface area contributed by atoms with E-state index in [0.717, 1.165) is 6.42 Å². The molecule has 0 saturated carbocycles. The predicted molar refractivity (Wildman–Crippen MR) is 82.2 cm³/mol. The molecule has 1 nitrogen and oxygen atoms in total. The van der Waals surface area contributed by atoms with Crippen LogP contribution in [-0.2, 0) is 0 Å². The van der Waals surface area contributed by atoms with E-state index >= 15 is 0 Å². The third-order valence-electron chi connectivity index (χ3n) is 3.16. The molecule has 0 saturated heterocycles. The minimum atomic E-state index is -0.270. The van der Waals surface area contributed by atoms with Crippen molar-refractivity contribution in [2.75, 3.05) is 6.61 Å². The molecule has 1 aromatic rings. The Balaban J connectivity index is 2.00. The molecular weight excluding hydrogens is 307 g/mol. The monoisotopic (exact) mass is 330 g/mol. The largest absolute Gasteiger partial charge is 0.493 e. The van der Waals surface area contributed by atoms with Crippen LogP contribution in [0.15, 0.2) is 22.7 Å². The molecule has 0 spiro atoms. The second-order valence-corrected chi connectivity index (χ2v) is 5.75. The van der Waals surface area contributed by atoms with Gasteiger partial charge in [-0.15, -0.1) is 0 Å². The molecule has 0 amide bonds. The van der Waals surface area contributed by atoms with Crippen LogP contribution in [0.25, 0.3) is 0 Å². The van der Waals surface area contributed by atoms with Crippen molar-refractivity contribution in [1.82, 2.24) is 0 Å². The zero-order chi connectivity index (χ0) is 13.9. The van der Waals surface area contributed by atoms with Crippen molar-refractivity contribution in [3.05, 3.63) is 28.5 Å². The summed E-state index contributed by atoms with van der Waals surface area (Å²) in [6.45, 7) is 2.92. The molecule has 108 valence electrons. The predicted octanol–water partition coefficient (Wildman–Crippen LogP) is 6.11. The lowest BCUT2D eigenvalue weighted by Gasteiger charge is -2.06. The fourth-order valence-corrected chi connectivity index (χ4v) is 2.24. The van der Waals surface area contributed by atoms with E-state index in [1.807, 2.05) is 0 Å². The summed E-state index contributed by atoms with van der Waals surface area (Å²) in [7, 11) is 0. The highest BCUT2D eigenvalue weighted by Gasteiger charge is 2.01. The van der Waals surface area contributed by atoms with E-state index in [1.54, 1.807) is 12.1 Å². The normalized spacial score (nSPS) is 10.7. The van der Waals surface area contributed by atoms with E-state index in [4.69, 9.17) is 4.74 Å². The van der Waals surface area contributed by atoms with Gasteiger partial charge in [-0.25, -0.2) is 4.39 Å². The van der Waals surface area contributed by atoms with Crippen LogP contribution in [0.5, 0.6) is 5.75 Å². The molecule has 0 fully saturated rings. The summed E-state index contributed by atoms with van der Waals surface area (Å²) < 4.78 is 19.2. The van der Waals surface area contributed by atoms with Gasteiger partial charge in [0.1, 0.15) is 11.6 Å². The fourth-order valence-electron chi connectivity index (χ4n) is 1.99. The number of hydrogen-bond acceptors (Lipinski definition) is 1. The number of rotatable bonds is 10. The Kier molecular flexibility index (Phi) is 8.89. The molecule has 0 unspecified atom stereocenters. The first-order valence-corrected chi connectivity index (χ1v) is 8.11. The molecule has 0 radical (unpaired) electrons. The lowest BCUT2D eigenvalue weighted by molar-refractivity contribution is 0.302. The van der Waals surface area contributed by atoms with Gasteiger partial charge in [-0.2, -0.15) is 0 Å². The minimum Gasteiger partial charge on any atom is -0.493 e. The Labute approximate surface area is 124 Å². The van der Waals surface area contributed by atoms with Gasteiger partial charge in [-0.05, 0) is 34.5 Å². The van der Waals surface area contributed by atoms with Crippen molar-refractivity contribution in [3.8, 4) is 5.75 Å². The van der Waals surface area contributed by atoms with Crippen LogP contribution < -0.4 is 4.74 Å². The second kappa shape index (κ2) is 10.2. The highest BCUT2D eigenvalue weighted by molar-refractivity contribution is 9.10. The number of unbranched alkanes of at least 4 members (excludes halogenated alkanes) is 7. The van der Waals surface area contributed by atoms with Gasteiger partial charge in [0, 0.05) is 6.07 Å². The Bertz CT molecular complexity index is 355. The first-order valence-electron chi connectivity index (χ1n) is 7.32. The maximum absolute atomic E-state index is 13.2. The molecule has 0 aliphatic heterocycles. The zero-order valence-corrected chi connectivity index (χ0v) is 13.3. The maximum Gasteiger partial charge on any atom is 0.141 e. The average molecular weight is 331 g/mol. The molecule has 0 atom stereocenters. The van der Waals surface area contributed by atoms with E-state index in [2.05, 4.69) is 22.9 Å². The van der Waals surface area contributed by atoms with Gasteiger partial charge < -0.3 is 4.74 Å². The molecule has 0 aliphatic rings. The molecule has 0 N–H and O–H groups in total. The third-order valence-corrected chi connectivity index (χ3v) is 3.80. The molecular formula is C16H24BrFO. The molecule has 1 aromatic carbocycles. The first kappa shape index (κ1) is 16.5. The summed E-state index contributed by atoms with van der Waals surface area (Å²) in [6, 6.07) is 4.89. The smallest absolute Gasteiger partial charge is 0.141 e. The Morgan fingerprint density at radius 3 is 2.26 bits per heavy atom. The van der Waals surface area contributed by atoms with Crippen LogP contribution in [-0.4, -0.2) is 6.61 Å². The van der Waals surface area contributed by atoms with Gasteiger partial charge in [0.05, 0.1) is 11.1 Å². The maximum atomic E-state index is 13.2. The Morgan fingerprint density at radius 1 is 1.00 bits per heavy atom. The number of halogens is 2. The Hall–Kier alpha value is -0.570. The molecule has 3 heteroatoms. The lowest BCUT2D eigenvalue weighted by atomic mass is 10.1. The van der Waals surface area contributed by atoms with Gasteiger partial charge >= 0.3 is 0 Å². The first-order chi connectivity index (χ1) is 9.24. The molecule has 0 aliphatic carbocycles. The van der Waals surface area contributed by atoms with Gasteiger partial charge in [-0.3, -0.25) is 0 Å². The lowest BCUT2D eigenvalue weighted by Crippen LogP contribution is -1.97. The number of benzene rings is 1. The van der Waals surface area contributed by atoms with Crippen molar-refractivity contribution in [2.45, 2.75) is 58.3 Å². The standard InChI is InChI=1S/C16H24BrFO/c1-2-3-4-5-6-7-8-9-12-19-14-10-11-15(17)16(18)13-14/h10-11,13H,2-9,12H2,1H3. The third kappa shape index (κ3) is 7.56. The molecule has 0 heterocycles. The topological polar surface area (TPSA) is 9.23 Å². The SMILES string of the molecule is CCCCCCCCCCOc1ccc(Br)c(F)c1. The summed E-state index contributed by atoms with van der Waals surface area (Å²) in [5.41, 5.74) is 0. The van der Waals surface area contributed by atoms with E-state index in [1.165, 1.54) is 51.0 Å². The van der Waals surface area contributed by atoms with Crippen LogP contribution in [0.3, 0.4) is 0 Å². The van der Waals surface area contributed by atoms with E-state index in [0.29, 0.717) is 16.8 Å². The quantitative estimate of drug-likeness (QED) is 0.470. The zero-order valence-electron chi connectivity index (χ0n) is 11.8. The average Bonchev–Trinajstić information content (AvgIpc) is 2.41. The fraction of sp³-hybridized carbons (Fsp3) is 0.625. The van der Waals surface area contributed by atoms with E-state index < -0.39 is 0 Å². The summed E-state index contributed by atoms with van der Waals surface area (Å²) in [5, 5.41) is 0. The highest BCUT2D eigenvalue weighted by atomic mass is 79.9. The summed E-state index contributed by atoms with van der Waals surface area (Å²) in [5.74, 6) is 0.345. The van der Waals surface area contributed by atoms with Crippen molar-refractivity contribution in [3.63, 3.8) is 0 Å². The van der Waals surface area contributed by atoms with E-state index in [9.17, 15) is 4.39 Å². The Morgan fingerprint density at radius 2 is 1.63 bits per heavy atom. The summed E-state index contributed by atoms with van der Waals surface area (Å²) in [4.78, 5) is 0. The molecule has 0 bridgehead atoms. The van der Waals surface area contributed by atoms with Crippen LogP contribution in [0.1, 0.15) is 58.3 Å². The molecule has 0 aromatic heterocycles. The van der Waals surface area contributed by atoms with Crippen LogP contribution in [0, 0.1) is 5.82 Å². The van der Waals surface area contributed by atoms with Crippen molar-refractivity contribution >= 4 is 15.9 Å². The summed E-state index contributed by atoms with van der Waals surface area (Å²) in [6.07, 6.45) is 10.2. The van der Waals surface area contributed by atoms with Gasteiger partial charge in [0.25, 0.3) is 0 Å². The van der Waals surface area contributed by atoms with E-state index in [-0.39, 0.29) is 5.82 Å². The van der Waals surface area contributed by atoms with Crippen LogP contribution in [0.2, 0.25) is 0 Å². The van der Waals surface area contributed by atoms with Crippen molar-refractivity contribution in [1.29, 1.82) is 0 Å². The van der Waals surface area contributed by atoms with Crippen LogP contribution in [0.4, 0.5) is 4.39 Å². The molecule has 1 rings (SSSR count). The number of hydrogen-bond donors (Lipinski definition) is 0. The van der Waals surface area contributed by atoms with Gasteiger partial charge in [0.2, 0.25) is 0 Å². The second-order valence-electron chi connectivity index (χ2n) is 4.90. The minimum absolute atomic E-state index is 0.270. The van der Waals surface area contributed by atoms with Gasteiger partial charge in [-0.1, -0.05) is 51.9 Å².